The third kappa shape index (κ3) is 3.39. The Morgan fingerprint density at radius 3 is 2.77 bits per heavy atom. The molecule has 2 aromatic rings. The molecule has 1 fully saturated rings. The summed E-state index contributed by atoms with van der Waals surface area (Å²) >= 11 is 1.44. The quantitative estimate of drug-likeness (QED) is 0.834. The van der Waals surface area contributed by atoms with Gasteiger partial charge in [0.2, 0.25) is 0 Å². The minimum Gasteiger partial charge on any atom is -0.329 e. The number of carbonyl (C=O) groups excluding carboxylic acids is 1. The lowest BCUT2D eigenvalue weighted by atomic mass is 10.1. The van der Waals surface area contributed by atoms with Gasteiger partial charge in [-0.05, 0) is 36.4 Å². The normalized spacial score (nSPS) is 16.8. The molecule has 0 spiro atoms. The van der Waals surface area contributed by atoms with E-state index in [-0.39, 0.29) is 29.7 Å². The van der Waals surface area contributed by atoms with Gasteiger partial charge in [0.05, 0.1) is 17.0 Å². The van der Waals surface area contributed by atoms with Gasteiger partial charge in [0, 0.05) is 32.9 Å². The second kappa shape index (κ2) is 7.59. The summed E-state index contributed by atoms with van der Waals surface area (Å²) in [4.78, 5) is 40.2. The van der Waals surface area contributed by atoms with E-state index in [0.717, 1.165) is 34.4 Å². The molecular weight excluding hydrogens is 352 g/mol. The summed E-state index contributed by atoms with van der Waals surface area (Å²) in [6.07, 6.45) is 3.19. The first-order valence-electron chi connectivity index (χ1n) is 8.77. The summed E-state index contributed by atoms with van der Waals surface area (Å²) in [6.45, 7) is 3.80. The van der Waals surface area contributed by atoms with E-state index in [2.05, 4.69) is 5.32 Å². The molecule has 1 aliphatic heterocycles. The van der Waals surface area contributed by atoms with Crippen molar-refractivity contribution in [1.29, 1.82) is 0 Å². The van der Waals surface area contributed by atoms with E-state index in [1.807, 2.05) is 18.4 Å². The Labute approximate surface area is 155 Å². The van der Waals surface area contributed by atoms with Crippen molar-refractivity contribution in [3.63, 3.8) is 0 Å². The summed E-state index contributed by atoms with van der Waals surface area (Å²) < 4.78 is 2.47. The van der Waals surface area contributed by atoms with Crippen LogP contribution >= 0.6 is 11.3 Å². The molecule has 1 saturated heterocycles. The van der Waals surface area contributed by atoms with Crippen molar-refractivity contribution in [3.8, 4) is 0 Å². The number of rotatable bonds is 5. The van der Waals surface area contributed by atoms with Crippen LogP contribution in [0.25, 0.3) is 0 Å². The molecule has 3 heterocycles. The van der Waals surface area contributed by atoms with Crippen molar-refractivity contribution in [2.45, 2.75) is 32.4 Å². The Morgan fingerprint density at radius 1 is 1.35 bits per heavy atom. The monoisotopic (exact) mass is 376 g/mol. The maximum Gasteiger partial charge on any atom is 0.330 e. The average molecular weight is 376 g/mol. The maximum atomic E-state index is 13.3. The van der Waals surface area contributed by atoms with Crippen LogP contribution in [0, 0.1) is 0 Å². The molecule has 140 valence electrons. The average Bonchev–Trinajstić information content (AvgIpc) is 3.32. The summed E-state index contributed by atoms with van der Waals surface area (Å²) in [6, 6.07) is 2.02. The number of thiophene rings is 1. The van der Waals surface area contributed by atoms with Crippen molar-refractivity contribution < 1.29 is 4.79 Å². The van der Waals surface area contributed by atoms with Crippen molar-refractivity contribution >= 4 is 17.2 Å². The molecule has 1 aliphatic rings. The minimum atomic E-state index is -0.370. The number of amides is 1. The van der Waals surface area contributed by atoms with E-state index in [1.54, 1.807) is 18.1 Å². The van der Waals surface area contributed by atoms with Gasteiger partial charge >= 0.3 is 5.69 Å². The molecule has 0 aliphatic carbocycles. The number of aryl methyl sites for hydroxylation is 2. The summed E-state index contributed by atoms with van der Waals surface area (Å²) in [5, 5.41) is 5.22. The molecule has 8 heteroatoms. The van der Waals surface area contributed by atoms with Crippen LogP contribution < -0.4 is 16.6 Å². The van der Waals surface area contributed by atoms with Crippen molar-refractivity contribution in [1.82, 2.24) is 19.4 Å². The lowest BCUT2D eigenvalue weighted by Gasteiger charge is -2.28. The SMILES string of the molecule is CCc1ccsc1C(=O)N(Cc1cn(C)c(=O)n(C)c1=O)[C@H]1CCNC1. The molecule has 0 unspecified atom stereocenters. The van der Waals surface area contributed by atoms with Gasteiger partial charge in [0.1, 0.15) is 0 Å². The second-order valence-corrected chi connectivity index (χ2v) is 7.54. The minimum absolute atomic E-state index is 0.0382. The highest BCUT2D eigenvalue weighted by Crippen LogP contribution is 2.23. The smallest absolute Gasteiger partial charge is 0.329 e. The molecule has 0 bridgehead atoms. The number of carbonyl (C=O) groups is 1. The Kier molecular flexibility index (Phi) is 5.43. The van der Waals surface area contributed by atoms with Crippen LogP contribution in [0.3, 0.4) is 0 Å². The number of hydrogen-bond donors (Lipinski definition) is 1. The van der Waals surface area contributed by atoms with E-state index in [1.165, 1.54) is 23.0 Å². The zero-order chi connectivity index (χ0) is 18.8. The first-order valence-corrected chi connectivity index (χ1v) is 9.65. The molecule has 0 aromatic carbocycles. The number of aromatic nitrogens is 2. The van der Waals surface area contributed by atoms with Crippen molar-refractivity contribution in [2.24, 2.45) is 14.1 Å². The molecule has 2 aromatic heterocycles. The molecule has 0 saturated carbocycles. The molecule has 0 radical (unpaired) electrons. The standard InChI is InChI=1S/C18H24N4O3S/c1-4-12-6-8-26-15(12)17(24)22(14-5-7-19-9-14)11-13-10-20(2)18(25)21(3)16(13)23/h6,8,10,14,19H,4-5,7,9,11H2,1-3H3/t14-/m0/s1. The van der Waals surface area contributed by atoms with E-state index in [0.29, 0.717) is 12.1 Å². The third-order valence-corrected chi connectivity index (χ3v) is 5.86. The van der Waals surface area contributed by atoms with Gasteiger partial charge in [0.25, 0.3) is 11.5 Å². The molecule has 1 amide bonds. The number of nitrogens with one attached hydrogen (secondary N) is 1. The lowest BCUT2D eigenvalue weighted by molar-refractivity contribution is 0.0678. The molecular formula is C18H24N4O3S. The van der Waals surface area contributed by atoms with E-state index >= 15 is 0 Å². The number of nitrogens with zero attached hydrogens (tertiary/aromatic N) is 3. The highest BCUT2D eigenvalue weighted by Gasteiger charge is 2.30. The maximum absolute atomic E-state index is 13.3. The van der Waals surface area contributed by atoms with Crippen LogP contribution in [0.15, 0.2) is 27.2 Å². The first-order chi connectivity index (χ1) is 12.4. The Bertz CT molecular complexity index is 921. The predicted octanol–water partition coefficient (Wildman–Crippen LogP) is 0.712. The van der Waals surface area contributed by atoms with Gasteiger partial charge in [-0.1, -0.05) is 6.92 Å². The topological polar surface area (TPSA) is 76.3 Å². The second-order valence-electron chi connectivity index (χ2n) is 6.62. The molecule has 1 N–H and O–H groups in total. The zero-order valence-electron chi connectivity index (χ0n) is 15.3. The Hall–Kier alpha value is -2.19. The fraction of sp³-hybridized carbons (Fsp3) is 0.500. The van der Waals surface area contributed by atoms with E-state index in [4.69, 9.17) is 0 Å². The van der Waals surface area contributed by atoms with Gasteiger partial charge in [-0.3, -0.25) is 14.2 Å². The van der Waals surface area contributed by atoms with Gasteiger partial charge in [-0.25, -0.2) is 4.79 Å². The van der Waals surface area contributed by atoms with Crippen LogP contribution in [0.5, 0.6) is 0 Å². The van der Waals surface area contributed by atoms with Crippen LogP contribution in [0.4, 0.5) is 0 Å². The summed E-state index contributed by atoms with van der Waals surface area (Å²) in [7, 11) is 3.08. The lowest BCUT2D eigenvalue weighted by Crippen LogP contribution is -2.45. The van der Waals surface area contributed by atoms with Crippen LogP contribution in [-0.4, -0.2) is 39.1 Å². The number of hydrogen-bond acceptors (Lipinski definition) is 5. The summed E-state index contributed by atoms with van der Waals surface area (Å²) in [5.41, 5.74) is 0.762. The molecule has 7 nitrogen and oxygen atoms in total. The molecule has 1 atom stereocenters. The zero-order valence-corrected chi connectivity index (χ0v) is 16.1. The van der Waals surface area contributed by atoms with Crippen LogP contribution in [0.2, 0.25) is 0 Å². The molecule has 3 rings (SSSR count). The van der Waals surface area contributed by atoms with Gasteiger partial charge in [0.15, 0.2) is 0 Å². The highest BCUT2D eigenvalue weighted by atomic mass is 32.1. The molecule has 26 heavy (non-hydrogen) atoms. The van der Waals surface area contributed by atoms with E-state index < -0.39 is 0 Å². The predicted molar refractivity (Wildman–Crippen MR) is 102 cm³/mol. The Balaban J connectivity index is 1.99. The van der Waals surface area contributed by atoms with Crippen molar-refractivity contribution in [3.05, 3.63) is 54.5 Å². The van der Waals surface area contributed by atoms with Gasteiger partial charge in [-0.15, -0.1) is 11.3 Å². The van der Waals surface area contributed by atoms with Crippen molar-refractivity contribution in [2.75, 3.05) is 13.1 Å². The van der Waals surface area contributed by atoms with Crippen LogP contribution in [0.1, 0.15) is 34.1 Å². The van der Waals surface area contributed by atoms with Gasteiger partial charge in [-0.2, -0.15) is 0 Å². The van der Waals surface area contributed by atoms with Gasteiger partial charge < -0.3 is 14.8 Å². The first kappa shape index (κ1) is 18.6. The summed E-state index contributed by atoms with van der Waals surface area (Å²) in [5.74, 6) is -0.0403. The highest BCUT2D eigenvalue weighted by molar-refractivity contribution is 7.12. The Morgan fingerprint density at radius 2 is 2.12 bits per heavy atom. The largest absolute Gasteiger partial charge is 0.330 e. The van der Waals surface area contributed by atoms with Crippen LogP contribution in [-0.2, 0) is 27.1 Å². The van der Waals surface area contributed by atoms with E-state index in [9.17, 15) is 14.4 Å². The fourth-order valence-corrected chi connectivity index (χ4v) is 4.33. The fourth-order valence-electron chi connectivity index (χ4n) is 3.38. The third-order valence-electron chi connectivity index (χ3n) is 4.92.